The van der Waals surface area contributed by atoms with Gasteiger partial charge in [-0.2, -0.15) is 0 Å². The number of hydrogen-bond acceptors (Lipinski definition) is 2. The first-order valence-electron chi connectivity index (χ1n) is 4.34. The molecule has 0 N–H and O–H groups in total. The largest absolute Gasteiger partial charge is 0.454 e. The number of carbonyl (C=O) groups excluding carboxylic acids is 1. The van der Waals surface area contributed by atoms with E-state index in [1.165, 1.54) is 0 Å². The van der Waals surface area contributed by atoms with E-state index in [1.54, 1.807) is 0 Å². The molecule has 0 aliphatic heterocycles. The topological polar surface area (TPSA) is 30.2 Å². The van der Waals surface area contributed by atoms with Crippen molar-refractivity contribution in [3.63, 3.8) is 0 Å². The summed E-state index contributed by atoms with van der Waals surface area (Å²) in [5.41, 5.74) is 0. The molecular weight excluding hydrogens is 232 g/mol. The molecule has 0 aromatic carbocycles. The van der Waals surface area contributed by atoms with Gasteiger partial charge in [0.2, 0.25) is 0 Å². The van der Waals surface area contributed by atoms with Crippen molar-refractivity contribution in [3.05, 3.63) is 22.6 Å². The summed E-state index contributed by atoms with van der Waals surface area (Å²) in [7, 11) is 0. The number of hydrogen-bond donors (Lipinski definition) is 0. The third kappa shape index (κ3) is 2.69. The standard InChI is InChI=1S/C10H13BrO2/c1-7(2)8(5-6-12)9-3-4-10(11)13-9/h3-4,6-8H,5H2,1-2H3. The fraction of sp³-hybridized carbons (Fsp3) is 0.500. The molecule has 1 aromatic heterocycles. The van der Waals surface area contributed by atoms with Crippen LogP contribution in [-0.4, -0.2) is 6.29 Å². The van der Waals surface area contributed by atoms with Gasteiger partial charge in [0.1, 0.15) is 12.0 Å². The molecule has 1 atom stereocenters. The first-order chi connectivity index (χ1) is 6.15. The fourth-order valence-corrected chi connectivity index (χ4v) is 1.67. The van der Waals surface area contributed by atoms with Crippen molar-refractivity contribution in [2.45, 2.75) is 26.2 Å². The van der Waals surface area contributed by atoms with Crippen LogP contribution < -0.4 is 0 Å². The van der Waals surface area contributed by atoms with Crippen LogP contribution in [0.3, 0.4) is 0 Å². The zero-order valence-electron chi connectivity index (χ0n) is 7.79. The molecule has 0 aliphatic rings. The molecular formula is C10H13BrO2. The van der Waals surface area contributed by atoms with Crippen molar-refractivity contribution < 1.29 is 9.21 Å². The molecule has 3 heteroatoms. The number of furan rings is 1. The van der Waals surface area contributed by atoms with E-state index in [2.05, 4.69) is 29.8 Å². The molecule has 0 bridgehead atoms. The Bertz CT molecular complexity index is 278. The van der Waals surface area contributed by atoms with E-state index < -0.39 is 0 Å². The summed E-state index contributed by atoms with van der Waals surface area (Å²) in [6.45, 7) is 4.18. The highest BCUT2D eigenvalue weighted by Gasteiger charge is 2.18. The van der Waals surface area contributed by atoms with Gasteiger partial charge in [0.05, 0.1) is 0 Å². The van der Waals surface area contributed by atoms with Crippen molar-refractivity contribution in [1.82, 2.24) is 0 Å². The number of rotatable bonds is 4. The molecule has 0 amide bonds. The van der Waals surface area contributed by atoms with E-state index in [0.29, 0.717) is 12.3 Å². The zero-order chi connectivity index (χ0) is 9.84. The second-order valence-electron chi connectivity index (χ2n) is 3.39. The molecule has 0 saturated heterocycles. The molecule has 0 spiro atoms. The van der Waals surface area contributed by atoms with Gasteiger partial charge in [-0.3, -0.25) is 0 Å². The lowest BCUT2D eigenvalue weighted by atomic mass is 9.91. The van der Waals surface area contributed by atoms with E-state index in [4.69, 9.17) is 4.42 Å². The summed E-state index contributed by atoms with van der Waals surface area (Å²) < 4.78 is 6.14. The van der Waals surface area contributed by atoms with E-state index >= 15 is 0 Å². The summed E-state index contributed by atoms with van der Waals surface area (Å²) in [4.78, 5) is 10.4. The lowest BCUT2D eigenvalue weighted by Gasteiger charge is -2.14. The maximum Gasteiger partial charge on any atom is 0.169 e. The van der Waals surface area contributed by atoms with E-state index in [-0.39, 0.29) is 5.92 Å². The van der Waals surface area contributed by atoms with E-state index in [9.17, 15) is 4.79 Å². The minimum Gasteiger partial charge on any atom is -0.454 e. The molecule has 1 heterocycles. The molecule has 0 fully saturated rings. The van der Waals surface area contributed by atoms with Crippen LogP contribution in [0.15, 0.2) is 21.2 Å². The summed E-state index contributed by atoms with van der Waals surface area (Å²) in [6.07, 6.45) is 1.47. The molecule has 2 nitrogen and oxygen atoms in total. The predicted molar refractivity (Wildman–Crippen MR) is 54.7 cm³/mol. The minimum absolute atomic E-state index is 0.198. The van der Waals surface area contributed by atoms with Gasteiger partial charge in [0.15, 0.2) is 4.67 Å². The van der Waals surface area contributed by atoms with E-state index in [0.717, 1.165) is 16.7 Å². The highest BCUT2D eigenvalue weighted by molar-refractivity contribution is 9.10. The lowest BCUT2D eigenvalue weighted by molar-refractivity contribution is -0.108. The lowest BCUT2D eigenvalue weighted by Crippen LogP contribution is -2.06. The van der Waals surface area contributed by atoms with Crippen LogP contribution in [0.25, 0.3) is 0 Å². The summed E-state index contributed by atoms with van der Waals surface area (Å²) in [5, 5.41) is 0. The zero-order valence-corrected chi connectivity index (χ0v) is 9.37. The third-order valence-electron chi connectivity index (χ3n) is 2.11. The molecule has 0 aliphatic carbocycles. The van der Waals surface area contributed by atoms with Crippen LogP contribution in [-0.2, 0) is 4.79 Å². The Kier molecular flexibility index (Phi) is 3.72. The van der Waals surface area contributed by atoms with Gasteiger partial charge in [-0.05, 0) is 34.0 Å². The predicted octanol–water partition coefficient (Wildman–Crippen LogP) is 3.37. The smallest absolute Gasteiger partial charge is 0.169 e. The monoisotopic (exact) mass is 244 g/mol. The molecule has 1 unspecified atom stereocenters. The number of halogens is 1. The second-order valence-corrected chi connectivity index (χ2v) is 4.18. The summed E-state index contributed by atoms with van der Waals surface area (Å²) >= 11 is 3.25. The van der Waals surface area contributed by atoms with Crippen molar-refractivity contribution >= 4 is 22.2 Å². The average Bonchev–Trinajstić information content (AvgIpc) is 2.46. The van der Waals surface area contributed by atoms with Gasteiger partial charge in [-0.25, -0.2) is 0 Å². The Labute approximate surface area is 86.4 Å². The fourth-order valence-electron chi connectivity index (χ4n) is 1.35. The van der Waals surface area contributed by atoms with Crippen LogP contribution in [0.2, 0.25) is 0 Å². The van der Waals surface area contributed by atoms with Crippen LogP contribution in [0, 0.1) is 5.92 Å². The third-order valence-corrected chi connectivity index (χ3v) is 2.54. The Morgan fingerprint density at radius 2 is 2.23 bits per heavy atom. The minimum atomic E-state index is 0.198. The van der Waals surface area contributed by atoms with Gasteiger partial charge in [-0.15, -0.1) is 0 Å². The highest BCUT2D eigenvalue weighted by Crippen LogP contribution is 2.29. The van der Waals surface area contributed by atoms with Crippen LogP contribution in [0.1, 0.15) is 31.9 Å². The Balaban J connectivity index is 2.81. The van der Waals surface area contributed by atoms with Crippen molar-refractivity contribution in [3.8, 4) is 0 Å². The Morgan fingerprint density at radius 3 is 2.62 bits per heavy atom. The van der Waals surface area contributed by atoms with Gasteiger partial charge in [0.25, 0.3) is 0 Å². The SMILES string of the molecule is CC(C)C(CC=O)c1ccc(Br)o1. The van der Waals surface area contributed by atoms with Gasteiger partial charge in [0, 0.05) is 12.3 Å². The molecule has 0 saturated carbocycles. The van der Waals surface area contributed by atoms with Crippen LogP contribution in [0.4, 0.5) is 0 Å². The van der Waals surface area contributed by atoms with E-state index in [1.807, 2.05) is 12.1 Å². The molecule has 72 valence electrons. The maximum absolute atomic E-state index is 10.4. The quantitative estimate of drug-likeness (QED) is 0.761. The number of carbonyl (C=O) groups is 1. The summed E-state index contributed by atoms with van der Waals surface area (Å²) in [5.74, 6) is 1.50. The number of aldehydes is 1. The summed E-state index contributed by atoms with van der Waals surface area (Å²) in [6, 6.07) is 3.77. The van der Waals surface area contributed by atoms with Crippen LogP contribution >= 0.6 is 15.9 Å². The van der Waals surface area contributed by atoms with Crippen molar-refractivity contribution in [2.24, 2.45) is 5.92 Å². The molecule has 0 radical (unpaired) electrons. The maximum atomic E-state index is 10.4. The Morgan fingerprint density at radius 1 is 1.54 bits per heavy atom. The van der Waals surface area contributed by atoms with Gasteiger partial charge in [-0.1, -0.05) is 13.8 Å². The van der Waals surface area contributed by atoms with Crippen molar-refractivity contribution in [1.29, 1.82) is 0 Å². The van der Waals surface area contributed by atoms with Gasteiger partial charge >= 0.3 is 0 Å². The average molecular weight is 245 g/mol. The first-order valence-corrected chi connectivity index (χ1v) is 5.13. The normalized spacial score (nSPS) is 13.2. The second kappa shape index (κ2) is 4.61. The van der Waals surface area contributed by atoms with Crippen molar-refractivity contribution in [2.75, 3.05) is 0 Å². The molecule has 1 rings (SSSR count). The Hall–Kier alpha value is -0.570. The van der Waals surface area contributed by atoms with Crippen LogP contribution in [0.5, 0.6) is 0 Å². The molecule has 13 heavy (non-hydrogen) atoms. The highest BCUT2D eigenvalue weighted by atomic mass is 79.9. The first kappa shape index (κ1) is 10.5. The van der Waals surface area contributed by atoms with Gasteiger partial charge < -0.3 is 9.21 Å². The molecule has 1 aromatic rings.